The molecule has 0 saturated carbocycles. The van der Waals surface area contributed by atoms with Crippen molar-refractivity contribution in [2.24, 2.45) is 0 Å². The highest BCUT2D eigenvalue weighted by molar-refractivity contribution is 7.99. The molecule has 0 fully saturated rings. The summed E-state index contributed by atoms with van der Waals surface area (Å²) in [6, 6.07) is 13.9. The normalized spacial score (nSPS) is 15.1. The first-order chi connectivity index (χ1) is 17.8. The number of anilines is 1. The van der Waals surface area contributed by atoms with Gasteiger partial charge in [0, 0.05) is 35.5 Å². The first kappa shape index (κ1) is 26.4. The van der Waals surface area contributed by atoms with Crippen LogP contribution in [0.4, 0.5) is 18.9 Å². The fourth-order valence-corrected chi connectivity index (χ4v) is 5.89. The number of fused-ring (bicyclic) bond motifs is 1. The first-order valence-electron chi connectivity index (χ1n) is 11.7. The Morgan fingerprint density at radius 1 is 1.22 bits per heavy atom. The lowest BCUT2D eigenvalue weighted by Crippen LogP contribution is -2.31. The summed E-state index contributed by atoms with van der Waals surface area (Å²) in [7, 11) is 1.35. The zero-order valence-corrected chi connectivity index (χ0v) is 21.4. The van der Waals surface area contributed by atoms with Crippen LogP contribution in [0.2, 0.25) is 0 Å². The summed E-state index contributed by atoms with van der Waals surface area (Å²) in [4.78, 5) is 13.9. The summed E-state index contributed by atoms with van der Waals surface area (Å²) >= 11 is 1.44. The molecule has 1 unspecified atom stereocenters. The molecule has 1 aliphatic rings. The van der Waals surface area contributed by atoms with Gasteiger partial charge in [-0.15, -0.1) is 11.8 Å². The predicted molar refractivity (Wildman–Crippen MR) is 144 cm³/mol. The Morgan fingerprint density at radius 3 is 2.59 bits per heavy atom. The zero-order chi connectivity index (χ0) is 26.7. The number of aromatic nitrogens is 1. The fraction of sp³-hybridized carbons (Fsp3) is 0.207. The van der Waals surface area contributed by atoms with Crippen LogP contribution in [0.25, 0.3) is 11.1 Å². The number of methoxy groups -OCH3 is 1. The van der Waals surface area contributed by atoms with Gasteiger partial charge in [-0.25, -0.2) is 13.2 Å². The number of nitrogens with one attached hydrogen (secondary N) is 1. The van der Waals surface area contributed by atoms with Gasteiger partial charge in [0.2, 0.25) is 0 Å². The molecule has 2 aromatic carbocycles. The maximum Gasteiger partial charge on any atom is 0.260 e. The molecule has 0 bridgehead atoms. The summed E-state index contributed by atoms with van der Waals surface area (Å²) in [5, 5.41) is 3.94. The Balaban J connectivity index is 1.92. The van der Waals surface area contributed by atoms with E-state index in [0.29, 0.717) is 28.5 Å². The van der Waals surface area contributed by atoms with E-state index in [1.807, 2.05) is 30.3 Å². The van der Waals surface area contributed by atoms with Crippen molar-refractivity contribution in [2.75, 3.05) is 24.7 Å². The summed E-state index contributed by atoms with van der Waals surface area (Å²) in [5.41, 5.74) is 1.44. The zero-order valence-electron chi connectivity index (χ0n) is 20.6. The second-order valence-corrected chi connectivity index (χ2v) is 9.61. The van der Waals surface area contributed by atoms with Crippen LogP contribution in [0.3, 0.4) is 0 Å². The highest BCUT2D eigenvalue weighted by Crippen LogP contribution is 2.41. The number of ether oxygens (including phenoxy) is 1. The second-order valence-electron chi connectivity index (χ2n) is 8.60. The molecule has 0 aliphatic carbocycles. The minimum absolute atomic E-state index is 0.00422. The Kier molecular flexibility index (Phi) is 7.97. The van der Waals surface area contributed by atoms with Crippen LogP contribution < -0.4 is 15.6 Å². The lowest BCUT2D eigenvalue weighted by molar-refractivity contribution is 0.387. The van der Waals surface area contributed by atoms with Crippen molar-refractivity contribution in [3.8, 4) is 16.9 Å². The number of hydrogen-bond donors (Lipinski definition) is 1. The highest BCUT2D eigenvalue weighted by atomic mass is 32.2. The number of nitrogens with zero attached hydrogens (tertiary/aromatic N) is 1. The Bertz CT molecular complexity index is 1450. The smallest absolute Gasteiger partial charge is 0.260 e. The molecule has 1 atom stereocenters. The monoisotopic (exact) mass is 524 g/mol. The quantitative estimate of drug-likeness (QED) is 0.302. The predicted octanol–water partition coefficient (Wildman–Crippen LogP) is 7.17. The third-order valence-corrected chi connectivity index (χ3v) is 7.70. The minimum Gasteiger partial charge on any atom is -0.494 e. The number of para-hydroxylation sites is 1. The average molecular weight is 525 g/mol. The molecule has 4 nitrogen and oxygen atoms in total. The molecule has 192 valence electrons. The molecular formula is C29H27F3N2O2S. The molecule has 0 radical (unpaired) electrons. The largest absolute Gasteiger partial charge is 0.494 e. The van der Waals surface area contributed by atoms with Gasteiger partial charge in [0.1, 0.15) is 11.7 Å². The van der Waals surface area contributed by atoms with Gasteiger partial charge in [0.15, 0.2) is 11.6 Å². The molecule has 1 aromatic heterocycles. The van der Waals surface area contributed by atoms with Crippen molar-refractivity contribution < 1.29 is 17.9 Å². The van der Waals surface area contributed by atoms with Crippen molar-refractivity contribution >= 4 is 17.4 Å². The molecule has 8 heteroatoms. The fourth-order valence-electron chi connectivity index (χ4n) is 4.51. The third kappa shape index (κ3) is 5.11. The summed E-state index contributed by atoms with van der Waals surface area (Å²) in [6.45, 7) is 8.79. The van der Waals surface area contributed by atoms with Gasteiger partial charge in [-0.2, -0.15) is 0 Å². The third-order valence-electron chi connectivity index (χ3n) is 6.43. The summed E-state index contributed by atoms with van der Waals surface area (Å²) in [5.74, 6) is -1.89. The number of benzene rings is 2. The van der Waals surface area contributed by atoms with Crippen LogP contribution in [0.5, 0.6) is 5.75 Å². The van der Waals surface area contributed by atoms with E-state index < -0.39 is 17.5 Å². The molecule has 0 spiro atoms. The van der Waals surface area contributed by atoms with Gasteiger partial charge in [-0.05, 0) is 42.3 Å². The number of rotatable bonds is 9. The number of thioether (sulfide) groups is 1. The van der Waals surface area contributed by atoms with Gasteiger partial charge in [0.05, 0.1) is 23.7 Å². The number of halogens is 3. The van der Waals surface area contributed by atoms with Crippen molar-refractivity contribution in [3.05, 3.63) is 112 Å². The molecule has 0 saturated heterocycles. The van der Waals surface area contributed by atoms with E-state index in [2.05, 4.69) is 18.5 Å². The molecular weight excluding hydrogens is 497 g/mol. The van der Waals surface area contributed by atoms with Crippen LogP contribution in [-0.2, 0) is 6.42 Å². The van der Waals surface area contributed by atoms with Crippen LogP contribution in [-0.4, -0.2) is 24.0 Å². The standard InChI is InChI=1S/C29H27F3N2O2S/c1-5-24(31)23(18(3)30)14-22-17(2)26(21-12-9-13-25(36-4)27(21)32)28(35)34-20(16-37-29(22)34)15-33-19-10-7-6-8-11-19/h5-13,20,33H,1,3,14-16H2,2,4H3/b24-23+. The number of pyridine rings is 1. The topological polar surface area (TPSA) is 43.3 Å². The van der Waals surface area contributed by atoms with E-state index in [4.69, 9.17) is 4.74 Å². The molecule has 1 aliphatic heterocycles. The molecule has 2 heterocycles. The van der Waals surface area contributed by atoms with Crippen molar-refractivity contribution in [3.63, 3.8) is 0 Å². The molecule has 4 rings (SSSR count). The van der Waals surface area contributed by atoms with Gasteiger partial charge >= 0.3 is 0 Å². The van der Waals surface area contributed by atoms with Crippen LogP contribution >= 0.6 is 11.8 Å². The van der Waals surface area contributed by atoms with E-state index in [1.54, 1.807) is 17.6 Å². The van der Waals surface area contributed by atoms with E-state index in [-0.39, 0.29) is 40.5 Å². The van der Waals surface area contributed by atoms with Gasteiger partial charge < -0.3 is 10.1 Å². The number of allylic oxidation sites excluding steroid dienone is 4. The highest BCUT2D eigenvalue weighted by Gasteiger charge is 2.32. The Morgan fingerprint density at radius 2 is 1.95 bits per heavy atom. The Labute approximate surface area is 218 Å². The molecule has 3 aromatic rings. The molecule has 1 N–H and O–H groups in total. The summed E-state index contributed by atoms with van der Waals surface area (Å²) < 4.78 is 51.0. The first-order valence-corrected chi connectivity index (χ1v) is 12.6. The molecule has 0 amide bonds. The van der Waals surface area contributed by atoms with Crippen molar-refractivity contribution in [2.45, 2.75) is 24.4 Å². The van der Waals surface area contributed by atoms with Crippen LogP contribution in [0.1, 0.15) is 17.2 Å². The van der Waals surface area contributed by atoms with E-state index in [0.717, 1.165) is 11.8 Å². The average Bonchev–Trinajstić information content (AvgIpc) is 3.32. The Hall–Kier alpha value is -3.65. The second kappa shape index (κ2) is 11.2. The maximum absolute atomic E-state index is 15.4. The van der Waals surface area contributed by atoms with Gasteiger partial charge in [0.25, 0.3) is 5.56 Å². The van der Waals surface area contributed by atoms with Gasteiger partial charge in [-0.3, -0.25) is 9.36 Å². The molecule has 37 heavy (non-hydrogen) atoms. The lowest BCUT2D eigenvalue weighted by Gasteiger charge is -2.22. The van der Waals surface area contributed by atoms with Crippen LogP contribution in [0.15, 0.2) is 94.8 Å². The number of hydrogen-bond acceptors (Lipinski definition) is 4. The lowest BCUT2D eigenvalue weighted by atomic mass is 9.93. The minimum atomic E-state index is -0.929. The van der Waals surface area contributed by atoms with Crippen molar-refractivity contribution in [1.29, 1.82) is 0 Å². The maximum atomic E-state index is 15.4. The van der Waals surface area contributed by atoms with Crippen molar-refractivity contribution in [1.82, 2.24) is 4.57 Å². The van der Waals surface area contributed by atoms with Gasteiger partial charge in [-0.1, -0.05) is 43.5 Å². The van der Waals surface area contributed by atoms with Crippen LogP contribution in [0, 0.1) is 12.7 Å². The van der Waals surface area contributed by atoms with E-state index >= 15 is 4.39 Å². The van der Waals surface area contributed by atoms with E-state index in [1.165, 1.54) is 31.0 Å². The summed E-state index contributed by atoms with van der Waals surface area (Å²) in [6.07, 6.45) is 0.756. The van der Waals surface area contributed by atoms with E-state index in [9.17, 15) is 13.6 Å². The SMILES string of the molecule is C=C/C(F)=C(/Cc1c(C)c(-c2cccc(OC)c2F)c(=O)n2c1SCC2CNc1ccccc1)C(=C)F.